The highest BCUT2D eigenvalue weighted by molar-refractivity contribution is 14.1. The van der Waals surface area contributed by atoms with Gasteiger partial charge in [-0.3, -0.25) is 0 Å². The average molecular weight is 421 g/mol. The Bertz CT molecular complexity index is 553. The zero-order valence-corrected chi connectivity index (χ0v) is 15.4. The lowest BCUT2D eigenvalue weighted by molar-refractivity contribution is -0.143. The molecule has 0 unspecified atom stereocenters. The lowest BCUT2D eigenvalue weighted by Crippen LogP contribution is -2.38. The Morgan fingerprint density at radius 2 is 1.86 bits per heavy atom. The van der Waals surface area contributed by atoms with Gasteiger partial charge in [-0.05, 0) is 61.1 Å². The first kappa shape index (κ1) is 18.5. The van der Waals surface area contributed by atoms with E-state index in [0.29, 0.717) is 11.3 Å². The van der Waals surface area contributed by atoms with Crippen LogP contribution in [0.2, 0.25) is 0 Å². The minimum Gasteiger partial charge on any atom is -0.496 e. The number of hydrogen-bond acceptors (Lipinski definition) is 5. The van der Waals surface area contributed by atoms with Gasteiger partial charge in [0.1, 0.15) is 11.4 Å². The molecule has 0 aliphatic carbocycles. The van der Waals surface area contributed by atoms with Crippen LogP contribution in [0.4, 0.5) is 4.79 Å². The Hall–Kier alpha value is -1.51. The van der Waals surface area contributed by atoms with E-state index in [0.717, 1.165) is 3.57 Å². The molecule has 0 spiro atoms. The number of carbonyl (C=O) groups excluding carboxylic acids is 2. The highest BCUT2D eigenvalue weighted by Crippen LogP contribution is 2.25. The van der Waals surface area contributed by atoms with E-state index in [4.69, 9.17) is 14.2 Å². The first-order chi connectivity index (χ1) is 10.2. The van der Waals surface area contributed by atoms with Gasteiger partial charge in [0.2, 0.25) is 0 Å². The maximum Gasteiger partial charge on any atom is 0.408 e. The minimum absolute atomic E-state index is 0.577. The molecule has 0 saturated heterocycles. The second-order valence-electron chi connectivity index (χ2n) is 5.50. The van der Waals surface area contributed by atoms with E-state index in [-0.39, 0.29) is 0 Å². The molecule has 6 nitrogen and oxygen atoms in total. The number of carbonyl (C=O) groups is 2. The maximum absolute atomic E-state index is 12.0. The number of methoxy groups -OCH3 is 2. The fourth-order valence-electron chi connectivity index (χ4n) is 1.68. The Morgan fingerprint density at radius 1 is 1.23 bits per heavy atom. The van der Waals surface area contributed by atoms with Crippen LogP contribution >= 0.6 is 22.6 Å². The number of esters is 1. The first-order valence-corrected chi connectivity index (χ1v) is 7.66. The summed E-state index contributed by atoms with van der Waals surface area (Å²) in [5, 5.41) is 2.53. The number of rotatable bonds is 4. The number of nitrogens with one attached hydrogen (secondary N) is 1. The van der Waals surface area contributed by atoms with Crippen LogP contribution in [-0.4, -0.2) is 31.9 Å². The fraction of sp³-hybridized carbons (Fsp3) is 0.467. The number of halogens is 1. The number of ether oxygens (including phenoxy) is 3. The molecule has 7 heteroatoms. The van der Waals surface area contributed by atoms with Crippen LogP contribution in [0.5, 0.6) is 5.75 Å². The zero-order chi connectivity index (χ0) is 16.9. The quantitative estimate of drug-likeness (QED) is 0.598. The normalized spacial score (nSPS) is 12.3. The lowest BCUT2D eigenvalue weighted by Gasteiger charge is -2.23. The second kappa shape index (κ2) is 7.66. The predicted octanol–water partition coefficient (Wildman–Crippen LogP) is 3.04. The van der Waals surface area contributed by atoms with Gasteiger partial charge in [0.25, 0.3) is 0 Å². The Morgan fingerprint density at radius 3 is 2.32 bits per heavy atom. The molecule has 0 bridgehead atoms. The molecule has 1 aromatic carbocycles. The molecule has 22 heavy (non-hydrogen) atoms. The first-order valence-electron chi connectivity index (χ1n) is 6.58. The molecule has 0 radical (unpaired) electrons. The van der Waals surface area contributed by atoms with Gasteiger partial charge < -0.3 is 19.5 Å². The summed E-state index contributed by atoms with van der Waals surface area (Å²) in [5.41, 5.74) is -0.0677. The van der Waals surface area contributed by atoms with Crippen molar-refractivity contribution in [3.05, 3.63) is 27.3 Å². The molecule has 1 N–H and O–H groups in total. The smallest absolute Gasteiger partial charge is 0.408 e. The van der Waals surface area contributed by atoms with E-state index in [1.165, 1.54) is 7.11 Å². The van der Waals surface area contributed by atoms with Gasteiger partial charge in [-0.1, -0.05) is 6.07 Å². The van der Waals surface area contributed by atoms with Crippen molar-refractivity contribution in [1.29, 1.82) is 0 Å². The summed E-state index contributed by atoms with van der Waals surface area (Å²) in [6.45, 7) is 5.24. The van der Waals surface area contributed by atoms with E-state index >= 15 is 0 Å². The molecule has 1 atom stereocenters. The molecule has 0 aromatic heterocycles. The highest BCUT2D eigenvalue weighted by Gasteiger charge is 2.27. The van der Waals surface area contributed by atoms with Crippen LogP contribution < -0.4 is 10.1 Å². The van der Waals surface area contributed by atoms with Gasteiger partial charge in [0.05, 0.1) is 17.8 Å². The van der Waals surface area contributed by atoms with E-state index in [1.807, 2.05) is 0 Å². The van der Waals surface area contributed by atoms with E-state index in [2.05, 4.69) is 27.9 Å². The van der Waals surface area contributed by atoms with Gasteiger partial charge in [-0.25, -0.2) is 9.59 Å². The van der Waals surface area contributed by atoms with Crippen molar-refractivity contribution in [3.63, 3.8) is 0 Å². The van der Waals surface area contributed by atoms with Crippen molar-refractivity contribution >= 4 is 34.7 Å². The van der Waals surface area contributed by atoms with Crippen molar-refractivity contribution in [2.45, 2.75) is 32.4 Å². The Kier molecular flexibility index (Phi) is 6.46. The fourth-order valence-corrected chi connectivity index (χ4v) is 2.44. The van der Waals surface area contributed by atoms with Crippen molar-refractivity contribution in [2.75, 3.05) is 14.2 Å². The van der Waals surface area contributed by atoms with Crippen LogP contribution in [0, 0.1) is 3.57 Å². The number of amides is 1. The van der Waals surface area contributed by atoms with E-state index < -0.39 is 23.7 Å². The predicted molar refractivity (Wildman–Crippen MR) is 89.8 cm³/mol. The molecular formula is C15H20INO5. The molecule has 0 heterocycles. The summed E-state index contributed by atoms with van der Waals surface area (Å²) in [6, 6.07) is 4.22. The summed E-state index contributed by atoms with van der Waals surface area (Å²) in [7, 11) is 2.83. The highest BCUT2D eigenvalue weighted by atomic mass is 127. The third kappa shape index (κ3) is 5.36. The Balaban J connectivity index is 3.01. The molecule has 0 saturated carbocycles. The van der Waals surface area contributed by atoms with Crippen LogP contribution in [0.15, 0.2) is 18.2 Å². The third-order valence-corrected chi connectivity index (χ3v) is 3.45. The molecular weight excluding hydrogens is 401 g/mol. The molecule has 1 rings (SSSR count). The largest absolute Gasteiger partial charge is 0.496 e. The molecule has 0 fully saturated rings. The van der Waals surface area contributed by atoms with Gasteiger partial charge in [-0.2, -0.15) is 0 Å². The lowest BCUT2D eigenvalue weighted by atomic mass is 10.1. The zero-order valence-electron chi connectivity index (χ0n) is 13.2. The summed E-state index contributed by atoms with van der Waals surface area (Å²) in [6.07, 6.45) is -0.686. The summed E-state index contributed by atoms with van der Waals surface area (Å²) in [4.78, 5) is 23.9. The second-order valence-corrected chi connectivity index (χ2v) is 6.66. The van der Waals surface area contributed by atoms with Crippen molar-refractivity contribution < 1.29 is 23.8 Å². The van der Waals surface area contributed by atoms with Gasteiger partial charge in [0, 0.05) is 0 Å². The van der Waals surface area contributed by atoms with Crippen molar-refractivity contribution in [3.8, 4) is 5.75 Å². The van der Waals surface area contributed by atoms with Crippen molar-refractivity contribution in [1.82, 2.24) is 5.32 Å². The van der Waals surface area contributed by atoms with Crippen LogP contribution in [0.1, 0.15) is 32.4 Å². The summed E-state index contributed by atoms with van der Waals surface area (Å²) >= 11 is 2.09. The standard InChI is InChI=1S/C15H20INO5/c1-15(2,3)22-14(19)17-12(13(18)21-5)9-6-7-11(20-4)10(16)8-9/h6-8,12H,1-5H3,(H,17,19)/t12-/m1/s1. The van der Waals surface area contributed by atoms with E-state index in [9.17, 15) is 9.59 Å². The van der Waals surface area contributed by atoms with Crippen LogP contribution in [-0.2, 0) is 14.3 Å². The molecule has 0 aliphatic rings. The SMILES string of the molecule is COC(=O)[C@H](NC(=O)OC(C)(C)C)c1ccc(OC)c(I)c1. The van der Waals surface area contributed by atoms with Gasteiger partial charge in [0.15, 0.2) is 6.04 Å². The average Bonchev–Trinajstić information content (AvgIpc) is 2.42. The molecule has 1 aromatic rings. The number of benzene rings is 1. The maximum atomic E-state index is 12.0. The number of alkyl carbamates (subject to hydrolysis) is 1. The van der Waals surface area contributed by atoms with Gasteiger partial charge >= 0.3 is 12.1 Å². The van der Waals surface area contributed by atoms with Crippen molar-refractivity contribution in [2.24, 2.45) is 0 Å². The van der Waals surface area contributed by atoms with E-state index in [1.54, 1.807) is 46.1 Å². The molecule has 122 valence electrons. The Labute approximate surface area is 143 Å². The third-order valence-electron chi connectivity index (χ3n) is 2.61. The topological polar surface area (TPSA) is 73.9 Å². The molecule has 1 amide bonds. The minimum atomic E-state index is -0.945. The van der Waals surface area contributed by atoms with Gasteiger partial charge in [-0.15, -0.1) is 0 Å². The summed E-state index contributed by atoms with van der Waals surface area (Å²) < 4.78 is 15.9. The summed E-state index contributed by atoms with van der Waals surface area (Å²) in [5.74, 6) is 0.108. The monoisotopic (exact) mass is 421 g/mol. The molecule has 0 aliphatic heterocycles. The van der Waals surface area contributed by atoms with Crippen LogP contribution in [0.3, 0.4) is 0 Å². The van der Waals surface area contributed by atoms with Crippen LogP contribution in [0.25, 0.3) is 0 Å². The number of hydrogen-bond donors (Lipinski definition) is 1.